The number of carbonyl (C=O) groups excluding carboxylic acids is 1. The first kappa shape index (κ1) is 21.9. The summed E-state index contributed by atoms with van der Waals surface area (Å²) in [5.41, 5.74) is 0.633. The van der Waals surface area contributed by atoms with Crippen LogP contribution in [0.5, 0.6) is 5.75 Å². The molecule has 0 atom stereocenters. The molecule has 1 N–H and O–H groups in total. The van der Waals surface area contributed by atoms with Crippen molar-refractivity contribution >= 4 is 11.7 Å². The molecule has 0 fully saturated rings. The highest BCUT2D eigenvalue weighted by atomic mass is 19.4. The minimum Gasteiger partial charge on any atom is -0.485 e. The number of nitrogens with one attached hydrogen (secondary N) is 1. The van der Waals surface area contributed by atoms with E-state index in [0.717, 1.165) is 17.8 Å². The molecular formula is C22H17F3N6O2. The fraction of sp³-hybridized carbons (Fsp3) is 0.136. The minimum absolute atomic E-state index is 0.152. The normalized spacial score (nSPS) is 11.3. The molecule has 168 valence electrons. The molecule has 0 bridgehead atoms. The monoisotopic (exact) mass is 454 g/mol. The van der Waals surface area contributed by atoms with Crippen molar-refractivity contribution < 1.29 is 22.7 Å². The summed E-state index contributed by atoms with van der Waals surface area (Å²) in [7, 11) is 0. The van der Waals surface area contributed by atoms with Gasteiger partial charge in [-0.15, -0.1) is 0 Å². The van der Waals surface area contributed by atoms with Crippen molar-refractivity contribution in [2.24, 2.45) is 0 Å². The Kier molecular flexibility index (Phi) is 6.03. The van der Waals surface area contributed by atoms with Crippen molar-refractivity contribution in [3.63, 3.8) is 0 Å². The first-order valence-electron chi connectivity index (χ1n) is 9.69. The smallest absolute Gasteiger partial charge is 0.417 e. The lowest BCUT2D eigenvalue weighted by Gasteiger charge is -2.11. The number of pyridine rings is 3. The highest BCUT2D eigenvalue weighted by Gasteiger charge is 2.31. The number of rotatable bonds is 6. The van der Waals surface area contributed by atoms with Gasteiger partial charge in [0.05, 0.1) is 23.0 Å². The van der Waals surface area contributed by atoms with E-state index in [1.807, 2.05) is 12.1 Å². The maximum Gasteiger partial charge on any atom is 0.417 e. The van der Waals surface area contributed by atoms with Crippen LogP contribution in [0.3, 0.4) is 0 Å². The third-order valence-electron chi connectivity index (χ3n) is 4.69. The summed E-state index contributed by atoms with van der Waals surface area (Å²) in [5.74, 6) is 0.241. The van der Waals surface area contributed by atoms with Gasteiger partial charge in [-0.05, 0) is 48.9 Å². The van der Waals surface area contributed by atoms with Crippen molar-refractivity contribution in [1.29, 1.82) is 0 Å². The van der Waals surface area contributed by atoms with Crippen molar-refractivity contribution in [2.75, 3.05) is 5.32 Å². The number of carbonyl (C=O) groups is 1. The first-order valence-corrected chi connectivity index (χ1v) is 9.69. The number of amides is 1. The summed E-state index contributed by atoms with van der Waals surface area (Å²) in [6.07, 6.45) is 2.35. The summed E-state index contributed by atoms with van der Waals surface area (Å²) in [6.45, 7) is 1.87. The molecule has 11 heteroatoms. The van der Waals surface area contributed by atoms with Gasteiger partial charge in [0.1, 0.15) is 6.61 Å². The van der Waals surface area contributed by atoms with Gasteiger partial charge in [-0.25, -0.2) is 14.6 Å². The lowest BCUT2D eigenvalue weighted by Crippen LogP contribution is -2.15. The number of halogens is 3. The zero-order chi connectivity index (χ0) is 23.4. The van der Waals surface area contributed by atoms with Gasteiger partial charge in [-0.2, -0.15) is 18.3 Å². The summed E-state index contributed by atoms with van der Waals surface area (Å²) < 4.78 is 45.4. The molecule has 0 saturated carbocycles. The molecule has 1 amide bonds. The van der Waals surface area contributed by atoms with E-state index < -0.39 is 17.6 Å². The van der Waals surface area contributed by atoms with Crippen LogP contribution in [-0.2, 0) is 12.8 Å². The van der Waals surface area contributed by atoms with Gasteiger partial charge in [-0.1, -0.05) is 0 Å². The maximum atomic E-state index is 12.9. The summed E-state index contributed by atoms with van der Waals surface area (Å²) in [6, 6.07) is 9.06. The van der Waals surface area contributed by atoms with Crippen LogP contribution >= 0.6 is 0 Å². The van der Waals surface area contributed by atoms with Crippen LogP contribution in [0.2, 0.25) is 0 Å². The zero-order valence-corrected chi connectivity index (χ0v) is 17.2. The Morgan fingerprint density at radius 3 is 2.55 bits per heavy atom. The average molecular weight is 454 g/mol. The van der Waals surface area contributed by atoms with Crippen LogP contribution < -0.4 is 10.1 Å². The molecule has 0 aliphatic heterocycles. The molecule has 4 aromatic heterocycles. The predicted octanol–water partition coefficient (Wildman–Crippen LogP) is 4.22. The fourth-order valence-electron chi connectivity index (χ4n) is 2.96. The van der Waals surface area contributed by atoms with Crippen LogP contribution in [0.25, 0.3) is 5.82 Å². The van der Waals surface area contributed by atoms with E-state index in [4.69, 9.17) is 4.74 Å². The van der Waals surface area contributed by atoms with Gasteiger partial charge in [0, 0.05) is 24.8 Å². The highest BCUT2D eigenvalue weighted by Crippen LogP contribution is 2.29. The quantitative estimate of drug-likeness (QED) is 0.469. The molecule has 0 spiro atoms. The van der Waals surface area contributed by atoms with Gasteiger partial charge in [0.2, 0.25) is 0 Å². The van der Waals surface area contributed by atoms with Crippen LogP contribution in [0.15, 0.2) is 67.4 Å². The topological polar surface area (TPSA) is 94.8 Å². The molecule has 4 rings (SSSR count). The molecule has 0 radical (unpaired) electrons. The number of ether oxygens (including phenoxy) is 1. The Labute approximate surface area is 186 Å². The van der Waals surface area contributed by atoms with Crippen molar-refractivity contribution in [1.82, 2.24) is 24.7 Å². The van der Waals surface area contributed by atoms with Crippen LogP contribution in [-0.4, -0.2) is 30.6 Å². The fourth-order valence-corrected chi connectivity index (χ4v) is 2.96. The molecule has 0 aromatic carbocycles. The van der Waals surface area contributed by atoms with Crippen molar-refractivity contribution in [3.05, 3.63) is 89.8 Å². The lowest BCUT2D eigenvalue weighted by molar-refractivity contribution is -0.137. The summed E-state index contributed by atoms with van der Waals surface area (Å²) in [4.78, 5) is 24.8. The van der Waals surface area contributed by atoms with E-state index in [0.29, 0.717) is 11.4 Å². The Balaban J connectivity index is 1.50. The molecule has 4 heterocycles. The Morgan fingerprint density at radius 1 is 1.06 bits per heavy atom. The molecule has 0 unspecified atom stereocenters. The summed E-state index contributed by atoms with van der Waals surface area (Å²) >= 11 is 0. The van der Waals surface area contributed by atoms with E-state index in [1.165, 1.54) is 23.1 Å². The largest absolute Gasteiger partial charge is 0.485 e. The Hall–Kier alpha value is -4.28. The van der Waals surface area contributed by atoms with Gasteiger partial charge < -0.3 is 10.1 Å². The Bertz CT molecular complexity index is 1260. The predicted molar refractivity (Wildman–Crippen MR) is 112 cm³/mol. The van der Waals surface area contributed by atoms with Gasteiger partial charge in [0.25, 0.3) is 5.91 Å². The third kappa shape index (κ3) is 4.97. The number of alkyl halides is 3. The summed E-state index contributed by atoms with van der Waals surface area (Å²) in [5, 5.41) is 6.78. The number of hydrogen-bond donors (Lipinski definition) is 1. The molecule has 8 nitrogen and oxygen atoms in total. The maximum absolute atomic E-state index is 12.9. The second-order valence-electron chi connectivity index (χ2n) is 6.91. The molecule has 0 saturated heterocycles. The van der Waals surface area contributed by atoms with Crippen molar-refractivity contribution in [2.45, 2.75) is 19.7 Å². The van der Waals surface area contributed by atoms with Gasteiger partial charge in [0.15, 0.2) is 17.4 Å². The van der Waals surface area contributed by atoms with Crippen LogP contribution in [0, 0.1) is 6.92 Å². The van der Waals surface area contributed by atoms with Crippen LogP contribution in [0.1, 0.15) is 27.2 Å². The number of anilines is 1. The van der Waals surface area contributed by atoms with E-state index in [9.17, 15) is 18.0 Å². The minimum atomic E-state index is -4.49. The lowest BCUT2D eigenvalue weighted by atomic mass is 10.2. The van der Waals surface area contributed by atoms with E-state index >= 15 is 0 Å². The molecule has 33 heavy (non-hydrogen) atoms. The van der Waals surface area contributed by atoms with E-state index in [2.05, 4.69) is 25.4 Å². The molecule has 4 aromatic rings. The highest BCUT2D eigenvalue weighted by molar-refractivity contribution is 6.05. The average Bonchev–Trinajstić information content (AvgIpc) is 3.20. The molecular weight excluding hydrogens is 437 g/mol. The van der Waals surface area contributed by atoms with Gasteiger partial charge >= 0.3 is 6.18 Å². The third-order valence-corrected chi connectivity index (χ3v) is 4.69. The second-order valence-corrected chi connectivity index (χ2v) is 6.91. The first-order chi connectivity index (χ1) is 15.8. The standard InChI is InChI=1S/C22H17F3N6O2/c1-14-17(12-29-31(14)19-5-4-16(11-28-19)22(23,24)25)21(32)30-20-18(3-2-8-27-20)33-13-15-6-9-26-10-7-15/h2-12H,13H2,1H3,(H,27,30,32). The number of aromatic nitrogens is 5. The van der Waals surface area contributed by atoms with Crippen LogP contribution in [0.4, 0.5) is 19.0 Å². The van der Waals surface area contributed by atoms with E-state index in [1.54, 1.807) is 31.5 Å². The molecule has 0 aliphatic rings. The zero-order valence-electron chi connectivity index (χ0n) is 17.2. The SMILES string of the molecule is Cc1c(C(=O)Nc2ncccc2OCc2ccncc2)cnn1-c1ccc(C(F)(F)F)cn1. The van der Waals surface area contributed by atoms with Crippen molar-refractivity contribution in [3.8, 4) is 11.6 Å². The van der Waals surface area contributed by atoms with Gasteiger partial charge in [-0.3, -0.25) is 9.78 Å². The number of nitrogens with zero attached hydrogens (tertiary/aromatic N) is 5. The Morgan fingerprint density at radius 2 is 1.85 bits per heavy atom. The molecule has 0 aliphatic carbocycles. The number of hydrogen-bond acceptors (Lipinski definition) is 6. The second kappa shape index (κ2) is 9.07. The van der Waals surface area contributed by atoms with E-state index in [-0.39, 0.29) is 23.8 Å².